The molecule has 0 bridgehead atoms. The number of likely N-dealkylation sites (N-methyl/N-ethyl adjacent to an activating group) is 2. The summed E-state index contributed by atoms with van der Waals surface area (Å²) in [5, 5.41) is 4.66. The number of aromatic nitrogens is 3. The van der Waals surface area contributed by atoms with E-state index in [1.807, 2.05) is 10.7 Å². The summed E-state index contributed by atoms with van der Waals surface area (Å²) in [4.78, 5) is 9.51. The van der Waals surface area contributed by atoms with Crippen molar-refractivity contribution in [1.82, 2.24) is 24.6 Å². The number of aryl methyl sites for hydroxylation is 1. The third-order valence-electron chi connectivity index (χ3n) is 4.70. The molecular formula is C18H26FN5S. The molecule has 0 amide bonds. The zero-order valence-corrected chi connectivity index (χ0v) is 16.0. The molecule has 0 spiro atoms. The Morgan fingerprint density at radius 1 is 1.28 bits per heavy atom. The predicted octanol–water partition coefficient (Wildman–Crippen LogP) is 2.10. The summed E-state index contributed by atoms with van der Waals surface area (Å²) in [6, 6.07) is 6.98. The van der Waals surface area contributed by atoms with E-state index in [1.54, 1.807) is 17.8 Å². The predicted molar refractivity (Wildman–Crippen MR) is 101 cm³/mol. The SMILES string of the molecule is CSCCc1nc(CC2CN(C)CCN2C)n(-c2cccc(F)c2)n1. The van der Waals surface area contributed by atoms with E-state index >= 15 is 0 Å². The van der Waals surface area contributed by atoms with Gasteiger partial charge in [0, 0.05) is 44.3 Å². The lowest BCUT2D eigenvalue weighted by Gasteiger charge is -2.37. The van der Waals surface area contributed by atoms with Crippen molar-refractivity contribution >= 4 is 11.8 Å². The summed E-state index contributed by atoms with van der Waals surface area (Å²) in [6.07, 6.45) is 3.72. The van der Waals surface area contributed by atoms with E-state index in [1.165, 1.54) is 12.1 Å². The maximum atomic E-state index is 13.7. The maximum Gasteiger partial charge on any atom is 0.152 e. The van der Waals surface area contributed by atoms with Gasteiger partial charge in [-0.1, -0.05) is 6.07 Å². The van der Waals surface area contributed by atoms with Gasteiger partial charge in [0.15, 0.2) is 5.82 Å². The molecule has 5 nitrogen and oxygen atoms in total. The fraction of sp³-hybridized carbons (Fsp3) is 0.556. The van der Waals surface area contributed by atoms with Crippen molar-refractivity contribution in [3.05, 3.63) is 41.7 Å². The molecule has 2 aromatic rings. The van der Waals surface area contributed by atoms with E-state index in [2.05, 4.69) is 35.2 Å². The average Bonchev–Trinajstić information content (AvgIpc) is 2.99. The van der Waals surface area contributed by atoms with E-state index in [9.17, 15) is 4.39 Å². The Morgan fingerprint density at radius 3 is 2.88 bits per heavy atom. The molecule has 136 valence electrons. The van der Waals surface area contributed by atoms with Gasteiger partial charge < -0.3 is 9.80 Å². The number of thioether (sulfide) groups is 1. The Hall–Kier alpha value is -1.44. The maximum absolute atomic E-state index is 13.7. The highest BCUT2D eigenvalue weighted by molar-refractivity contribution is 7.98. The number of rotatable bonds is 6. The van der Waals surface area contributed by atoms with Crippen LogP contribution in [0.1, 0.15) is 11.6 Å². The van der Waals surface area contributed by atoms with Gasteiger partial charge in [-0.2, -0.15) is 16.9 Å². The summed E-state index contributed by atoms with van der Waals surface area (Å²) in [7, 11) is 4.32. The molecule has 1 fully saturated rings. The van der Waals surface area contributed by atoms with Crippen molar-refractivity contribution in [2.45, 2.75) is 18.9 Å². The van der Waals surface area contributed by atoms with E-state index < -0.39 is 0 Å². The van der Waals surface area contributed by atoms with Gasteiger partial charge in [-0.05, 0) is 38.6 Å². The van der Waals surface area contributed by atoms with E-state index in [4.69, 9.17) is 4.98 Å². The van der Waals surface area contributed by atoms with Crippen LogP contribution in [0.3, 0.4) is 0 Å². The Kier molecular flexibility index (Phi) is 6.09. The zero-order chi connectivity index (χ0) is 17.8. The number of hydrogen-bond acceptors (Lipinski definition) is 5. The lowest BCUT2D eigenvalue weighted by Crippen LogP contribution is -2.51. The molecule has 0 N–H and O–H groups in total. The van der Waals surface area contributed by atoms with Gasteiger partial charge in [-0.25, -0.2) is 14.1 Å². The topological polar surface area (TPSA) is 37.2 Å². The number of piperazine rings is 1. The van der Waals surface area contributed by atoms with Gasteiger partial charge in [0.2, 0.25) is 0 Å². The highest BCUT2D eigenvalue weighted by Crippen LogP contribution is 2.17. The highest BCUT2D eigenvalue weighted by Gasteiger charge is 2.25. The first-order valence-corrected chi connectivity index (χ1v) is 10.0. The highest BCUT2D eigenvalue weighted by atomic mass is 32.2. The number of nitrogens with zero attached hydrogens (tertiary/aromatic N) is 5. The molecule has 0 radical (unpaired) electrons. The molecule has 1 saturated heterocycles. The molecule has 0 saturated carbocycles. The van der Waals surface area contributed by atoms with Gasteiger partial charge in [0.05, 0.1) is 5.69 Å². The van der Waals surface area contributed by atoms with Crippen molar-refractivity contribution < 1.29 is 4.39 Å². The second-order valence-electron chi connectivity index (χ2n) is 6.68. The minimum absolute atomic E-state index is 0.251. The van der Waals surface area contributed by atoms with E-state index in [-0.39, 0.29) is 5.82 Å². The van der Waals surface area contributed by atoms with Crippen molar-refractivity contribution in [3.63, 3.8) is 0 Å². The Morgan fingerprint density at radius 2 is 2.12 bits per heavy atom. The Bertz CT molecular complexity index is 705. The third-order valence-corrected chi connectivity index (χ3v) is 5.31. The van der Waals surface area contributed by atoms with Crippen LogP contribution in [0.15, 0.2) is 24.3 Å². The smallest absolute Gasteiger partial charge is 0.152 e. The average molecular weight is 364 g/mol. The van der Waals surface area contributed by atoms with Crippen LogP contribution >= 0.6 is 11.8 Å². The number of hydrogen-bond donors (Lipinski definition) is 0. The fourth-order valence-electron chi connectivity index (χ4n) is 3.17. The first-order valence-electron chi connectivity index (χ1n) is 8.65. The summed E-state index contributed by atoms with van der Waals surface area (Å²) in [5.41, 5.74) is 0.740. The van der Waals surface area contributed by atoms with Crippen molar-refractivity contribution in [2.75, 3.05) is 45.7 Å². The van der Waals surface area contributed by atoms with Crippen molar-refractivity contribution in [3.8, 4) is 5.69 Å². The van der Waals surface area contributed by atoms with Crippen LogP contribution in [0.2, 0.25) is 0 Å². The molecule has 1 aliphatic heterocycles. The first kappa shape index (κ1) is 18.4. The van der Waals surface area contributed by atoms with Gasteiger partial charge >= 0.3 is 0 Å². The molecule has 0 aliphatic carbocycles. The second-order valence-corrected chi connectivity index (χ2v) is 7.67. The van der Waals surface area contributed by atoms with Crippen molar-refractivity contribution in [2.24, 2.45) is 0 Å². The van der Waals surface area contributed by atoms with E-state index in [0.717, 1.165) is 55.6 Å². The zero-order valence-electron chi connectivity index (χ0n) is 15.2. The number of halogens is 1. The molecule has 1 unspecified atom stereocenters. The minimum Gasteiger partial charge on any atom is -0.304 e. The Balaban J connectivity index is 1.89. The summed E-state index contributed by atoms with van der Waals surface area (Å²) in [6.45, 7) is 3.14. The second kappa shape index (κ2) is 8.29. The monoisotopic (exact) mass is 363 g/mol. The summed E-state index contributed by atoms with van der Waals surface area (Å²) < 4.78 is 15.5. The van der Waals surface area contributed by atoms with E-state index in [0.29, 0.717) is 6.04 Å². The fourth-order valence-corrected chi connectivity index (χ4v) is 3.56. The quantitative estimate of drug-likeness (QED) is 0.786. The molecule has 7 heteroatoms. The van der Waals surface area contributed by atoms with Gasteiger partial charge in [-0.15, -0.1) is 0 Å². The largest absolute Gasteiger partial charge is 0.304 e. The lowest BCUT2D eigenvalue weighted by atomic mass is 10.1. The Labute approximate surface area is 153 Å². The lowest BCUT2D eigenvalue weighted by molar-refractivity contribution is 0.113. The van der Waals surface area contributed by atoms with Crippen LogP contribution in [0, 0.1) is 5.82 Å². The molecule has 25 heavy (non-hydrogen) atoms. The van der Waals surface area contributed by atoms with Crippen LogP contribution in [-0.4, -0.2) is 76.3 Å². The van der Waals surface area contributed by atoms with Crippen LogP contribution in [-0.2, 0) is 12.8 Å². The molecule has 1 atom stereocenters. The minimum atomic E-state index is -0.251. The van der Waals surface area contributed by atoms with Gasteiger partial charge in [0.25, 0.3) is 0 Å². The summed E-state index contributed by atoms with van der Waals surface area (Å²) in [5.74, 6) is 2.48. The molecule has 1 aromatic carbocycles. The standard InChI is InChI=1S/C18H26FN5S/c1-22-8-9-23(2)16(13-22)12-18-20-17(7-10-25-3)21-24(18)15-6-4-5-14(19)11-15/h4-6,11,16H,7-10,12-13H2,1-3H3. The molecule has 1 aliphatic rings. The number of benzene rings is 1. The van der Waals surface area contributed by atoms with Crippen LogP contribution in [0.4, 0.5) is 4.39 Å². The van der Waals surface area contributed by atoms with Gasteiger partial charge in [0.1, 0.15) is 11.6 Å². The normalized spacial score (nSPS) is 19.4. The first-order chi connectivity index (χ1) is 12.1. The molecule has 1 aromatic heterocycles. The summed E-state index contributed by atoms with van der Waals surface area (Å²) >= 11 is 1.78. The van der Waals surface area contributed by atoms with Gasteiger partial charge in [-0.3, -0.25) is 0 Å². The molecule has 2 heterocycles. The van der Waals surface area contributed by atoms with Crippen LogP contribution < -0.4 is 0 Å². The van der Waals surface area contributed by atoms with Crippen LogP contribution in [0.5, 0.6) is 0 Å². The van der Waals surface area contributed by atoms with Crippen LogP contribution in [0.25, 0.3) is 5.69 Å². The molecule has 3 rings (SSSR count). The van der Waals surface area contributed by atoms with Crippen molar-refractivity contribution in [1.29, 1.82) is 0 Å². The third kappa shape index (κ3) is 4.59. The molecular weight excluding hydrogens is 337 g/mol.